The maximum absolute atomic E-state index is 14.3. The molecule has 2 aliphatic heterocycles. The predicted molar refractivity (Wildman–Crippen MR) is 103 cm³/mol. The summed E-state index contributed by atoms with van der Waals surface area (Å²) in [4.78, 5) is 14.3. The summed E-state index contributed by atoms with van der Waals surface area (Å²) in [6, 6.07) is 1.75. The SMILES string of the molecule is Cn1c(CCC(=O)N2CCOCC2)c2n(c1=S)C[C@@H](c1c(F)ccc(F)c1F)C2. The molecule has 0 saturated carbocycles. The van der Waals surface area contributed by atoms with E-state index >= 15 is 0 Å². The van der Waals surface area contributed by atoms with Crippen molar-refractivity contribution in [3.63, 3.8) is 0 Å². The fourth-order valence-electron chi connectivity index (χ4n) is 4.31. The second-order valence-corrected chi connectivity index (χ2v) is 7.86. The number of fused-ring (bicyclic) bond motifs is 1. The molecule has 0 spiro atoms. The van der Waals surface area contributed by atoms with Crippen LogP contribution in [0.5, 0.6) is 0 Å². The highest BCUT2D eigenvalue weighted by Gasteiger charge is 2.33. The van der Waals surface area contributed by atoms with Gasteiger partial charge >= 0.3 is 0 Å². The number of hydrogen-bond donors (Lipinski definition) is 0. The van der Waals surface area contributed by atoms with Crippen molar-refractivity contribution in [3.8, 4) is 0 Å². The maximum Gasteiger partial charge on any atom is 0.223 e. The van der Waals surface area contributed by atoms with Gasteiger partial charge in [-0.05, 0) is 37.2 Å². The number of carbonyl (C=O) groups is 1. The van der Waals surface area contributed by atoms with Crippen molar-refractivity contribution in [3.05, 3.63) is 51.3 Å². The van der Waals surface area contributed by atoms with E-state index < -0.39 is 23.4 Å². The minimum atomic E-state index is -1.14. The molecule has 0 N–H and O–H groups in total. The second-order valence-electron chi connectivity index (χ2n) is 7.50. The Bertz CT molecular complexity index is 1010. The number of halogens is 3. The molecule has 2 aliphatic rings. The van der Waals surface area contributed by atoms with Crippen molar-refractivity contribution in [1.29, 1.82) is 0 Å². The molecule has 0 aliphatic carbocycles. The molecule has 3 heterocycles. The molecule has 9 heteroatoms. The second kappa shape index (κ2) is 7.95. The molecule has 1 amide bonds. The van der Waals surface area contributed by atoms with E-state index in [0.717, 1.165) is 23.5 Å². The average molecular weight is 425 g/mol. The third-order valence-electron chi connectivity index (χ3n) is 5.85. The molecule has 1 aromatic heterocycles. The van der Waals surface area contributed by atoms with Crippen molar-refractivity contribution >= 4 is 18.1 Å². The lowest BCUT2D eigenvalue weighted by Crippen LogP contribution is -2.40. The summed E-state index contributed by atoms with van der Waals surface area (Å²) >= 11 is 5.49. The summed E-state index contributed by atoms with van der Waals surface area (Å²) in [7, 11) is 1.83. The van der Waals surface area contributed by atoms with E-state index in [1.807, 2.05) is 16.2 Å². The standard InChI is InChI=1S/C20H22F3N3O2S/c1-24-15(4-5-17(27)25-6-8-28-9-7-25)16-10-12(11-26(16)20(24)29)18-13(21)2-3-14(22)19(18)23/h2-3,12H,4-11H2,1H3/t12-/m0/s1. The number of imidazole rings is 1. The molecule has 1 fully saturated rings. The first-order valence-corrected chi connectivity index (χ1v) is 10.1. The van der Waals surface area contributed by atoms with Gasteiger partial charge in [0, 0.05) is 56.0 Å². The largest absolute Gasteiger partial charge is 0.378 e. The third kappa shape index (κ3) is 3.61. The van der Waals surface area contributed by atoms with Crippen LogP contribution >= 0.6 is 12.2 Å². The maximum atomic E-state index is 14.3. The molecule has 1 saturated heterocycles. The lowest BCUT2D eigenvalue weighted by molar-refractivity contribution is -0.135. The van der Waals surface area contributed by atoms with Crippen LogP contribution in [0.4, 0.5) is 13.2 Å². The Hall–Kier alpha value is -2.13. The molecule has 2 aromatic rings. The van der Waals surface area contributed by atoms with Crippen LogP contribution in [0.25, 0.3) is 0 Å². The number of carbonyl (C=O) groups excluding carboxylic acids is 1. The van der Waals surface area contributed by atoms with Crippen molar-refractivity contribution < 1.29 is 22.7 Å². The summed E-state index contributed by atoms with van der Waals surface area (Å²) in [5.41, 5.74) is 1.51. The van der Waals surface area contributed by atoms with Crippen molar-refractivity contribution in [2.75, 3.05) is 26.3 Å². The van der Waals surface area contributed by atoms with Gasteiger partial charge in [0.2, 0.25) is 5.91 Å². The summed E-state index contributed by atoms with van der Waals surface area (Å²) in [5.74, 6) is -3.43. The Kier molecular flexibility index (Phi) is 5.52. The lowest BCUT2D eigenvalue weighted by Gasteiger charge is -2.26. The minimum Gasteiger partial charge on any atom is -0.378 e. The highest BCUT2D eigenvalue weighted by molar-refractivity contribution is 7.71. The van der Waals surface area contributed by atoms with Gasteiger partial charge in [0.05, 0.1) is 13.2 Å². The van der Waals surface area contributed by atoms with Gasteiger partial charge in [-0.25, -0.2) is 13.2 Å². The molecule has 156 valence electrons. The summed E-state index contributed by atoms with van der Waals surface area (Å²) < 4.78 is 51.7. The number of ether oxygens (including phenoxy) is 1. The van der Waals surface area contributed by atoms with E-state index in [4.69, 9.17) is 17.0 Å². The van der Waals surface area contributed by atoms with Gasteiger partial charge in [0.25, 0.3) is 0 Å². The van der Waals surface area contributed by atoms with Crippen LogP contribution in [0.1, 0.15) is 29.3 Å². The Labute approximate surface area is 171 Å². The highest BCUT2D eigenvalue weighted by Crippen LogP contribution is 2.36. The quantitative estimate of drug-likeness (QED) is 0.558. The van der Waals surface area contributed by atoms with E-state index in [0.29, 0.717) is 50.3 Å². The van der Waals surface area contributed by atoms with E-state index in [1.54, 1.807) is 4.90 Å². The number of benzene rings is 1. The summed E-state index contributed by atoms with van der Waals surface area (Å²) in [6.07, 6.45) is 1.16. The monoisotopic (exact) mass is 425 g/mol. The zero-order valence-corrected chi connectivity index (χ0v) is 16.9. The zero-order valence-electron chi connectivity index (χ0n) is 16.1. The van der Waals surface area contributed by atoms with E-state index in [9.17, 15) is 18.0 Å². The van der Waals surface area contributed by atoms with Crippen LogP contribution in [0.3, 0.4) is 0 Å². The van der Waals surface area contributed by atoms with E-state index in [-0.39, 0.29) is 18.0 Å². The number of amides is 1. The first-order valence-electron chi connectivity index (χ1n) is 9.64. The Morgan fingerprint density at radius 2 is 1.90 bits per heavy atom. The van der Waals surface area contributed by atoms with Gasteiger partial charge in [0.1, 0.15) is 5.82 Å². The van der Waals surface area contributed by atoms with E-state index in [1.165, 1.54) is 0 Å². The normalized spacial score (nSPS) is 18.9. The van der Waals surface area contributed by atoms with Crippen LogP contribution in [-0.4, -0.2) is 46.2 Å². The Morgan fingerprint density at radius 3 is 2.62 bits per heavy atom. The smallest absolute Gasteiger partial charge is 0.223 e. The van der Waals surface area contributed by atoms with Crippen LogP contribution in [0, 0.1) is 22.2 Å². The van der Waals surface area contributed by atoms with Crippen LogP contribution in [0.15, 0.2) is 12.1 Å². The Morgan fingerprint density at radius 1 is 1.21 bits per heavy atom. The molecule has 5 nitrogen and oxygen atoms in total. The first-order chi connectivity index (χ1) is 13.9. The number of aromatic nitrogens is 2. The molecular formula is C20H22F3N3O2S. The number of hydrogen-bond acceptors (Lipinski definition) is 3. The van der Waals surface area contributed by atoms with Gasteiger partial charge < -0.3 is 18.8 Å². The van der Waals surface area contributed by atoms with Crippen LogP contribution < -0.4 is 0 Å². The van der Waals surface area contributed by atoms with Crippen molar-refractivity contribution in [2.24, 2.45) is 7.05 Å². The van der Waals surface area contributed by atoms with Crippen molar-refractivity contribution in [1.82, 2.24) is 14.0 Å². The molecular weight excluding hydrogens is 403 g/mol. The zero-order chi connectivity index (χ0) is 20.7. The predicted octanol–water partition coefficient (Wildman–Crippen LogP) is 3.10. The molecule has 1 aromatic carbocycles. The third-order valence-corrected chi connectivity index (χ3v) is 6.35. The molecule has 29 heavy (non-hydrogen) atoms. The highest BCUT2D eigenvalue weighted by atomic mass is 32.1. The average Bonchev–Trinajstić information content (AvgIpc) is 3.23. The van der Waals surface area contributed by atoms with Gasteiger partial charge in [0.15, 0.2) is 16.4 Å². The molecule has 0 bridgehead atoms. The van der Waals surface area contributed by atoms with Crippen LogP contribution in [0.2, 0.25) is 0 Å². The summed E-state index contributed by atoms with van der Waals surface area (Å²) in [5, 5.41) is 0. The number of nitrogens with zero attached hydrogens (tertiary/aromatic N) is 3. The van der Waals surface area contributed by atoms with Crippen LogP contribution in [-0.2, 0) is 36.0 Å². The molecule has 1 atom stereocenters. The number of rotatable bonds is 4. The van der Waals surface area contributed by atoms with Crippen molar-refractivity contribution in [2.45, 2.75) is 31.7 Å². The number of morpholine rings is 1. The minimum absolute atomic E-state index is 0.0518. The lowest BCUT2D eigenvalue weighted by atomic mass is 9.94. The van der Waals surface area contributed by atoms with Gasteiger partial charge in [-0.2, -0.15) is 0 Å². The summed E-state index contributed by atoms with van der Waals surface area (Å²) in [6.45, 7) is 2.56. The first kappa shape index (κ1) is 20.2. The fourth-order valence-corrected chi connectivity index (χ4v) is 4.61. The molecule has 0 unspecified atom stereocenters. The topological polar surface area (TPSA) is 39.4 Å². The van der Waals surface area contributed by atoms with Gasteiger partial charge in [-0.15, -0.1) is 0 Å². The van der Waals surface area contributed by atoms with Gasteiger partial charge in [-0.3, -0.25) is 4.79 Å². The van der Waals surface area contributed by atoms with Gasteiger partial charge in [-0.1, -0.05) is 0 Å². The molecule has 4 rings (SSSR count). The molecule has 0 radical (unpaired) electrons. The van der Waals surface area contributed by atoms with E-state index in [2.05, 4.69) is 0 Å². The Balaban J connectivity index is 1.55. The fraction of sp³-hybridized carbons (Fsp3) is 0.500.